The molecule has 180 valence electrons. The zero-order chi connectivity index (χ0) is 24.4. The summed E-state index contributed by atoms with van der Waals surface area (Å²) in [4.78, 5) is 38.3. The lowest BCUT2D eigenvalue weighted by molar-refractivity contribution is -0.402. The second kappa shape index (κ2) is 9.47. The third-order valence-corrected chi connectivity index (χ3v) is 5.69. The predicted molar refractivity (Wildman–Crippen MR) is 122 cm³/mol. The summed E-state index contributed by atoms with van der Waals surface area (Å²) in [7, 11) is 0. The first-order valence-corrected chi connectivity index (χ1v) is 11.0. The molecular formula is C24H21N3O8. The maximum Gasteiger partial charge on any atom is 0.433 e. The van der Waals surface area contributed by atoms with Gasteiger partial charge in [0.25, 0.3) is 11.8 Å². The topological polar surface area (TPSA) is 141 Å². The minimum absolute atomic E-state index is 0.0786. The van der Waals surface area contributed by atoms with E-state index in [1.807, 2.05) is 0 Å². The number of nitro groups is 1. The van der Waals surface area contributed by atoms with E-state index >= 15 is 0 Å². The molecule has 0 saturated carbocycles. The molecule has 1 atom stereocenters. The van der Waals surface area contributed by atoms with Crippen molar-refractivity contribution in [3.8, 4) is 0 Å². The van der Waals surface area contributed by atoms with Gasteiger partial charge in [-0.3, -0.25) is 19.7 Å². The monoisotopic (exact) mass is 479 g/mol. The minimum Gasteiger partial charge on any atom is -0.467 e. The van der Waals surface area contributed by atoms with Crippen molar-refractivity contribution in [1.82, 2.24) is 4.90 Å². The van der Waals surface area contributed by atoms with Crippen LogP contribution in [0.3, 0.4) is 0 Å². The number of hydrogen-bond donors (Lipinski definition) is 1. The first-order valence-electron chi connectivity index (χ1n) is 11.0. The highest BCUT2D eigenvalue weighted by Crippen LogP contribution is 2.33. The van der Waals surface area contributed by atoms with Gasteiger partial charge >= 0.3 is 5.88 Å². The van der Waals surface area contributed by atoms with Crippen LogP contribution in [0.5, 0.6) is 0 Å². The van der Waals surface area contributed by atoms with E-state index in [2.05, 4.69) is 5.32 Å². The van der Waals surface area contributed by atoms with E-state index in [0.29, 0.717) is 29.9 Å². The van der Waals surface area contributed by atoms with Crippen LogP contribution < -0.4 is 5.32 Å². The van der Waals surface area contributed by atoms with Gasteiger partial charge in [0.1, 0.15) is 22.0 Å². The van der Waals surface area contributed by atoms with Crippen LogP contribution in [0, 0.1) is 10.1 Å². The number of carbonyl (C=O) groups excluding carboxylic acids is 2. The average molecular weight is 479 g/mol. The molecule has 1 aliphatic heterocycles. The summed E-state index contributed by atoms with van der Waals surface area (Å²) in [5, 5.41) is 14.1. The third kappa shape index (κ3) is 4.66. The quantitative estimate of drug-likeness (QED) is 0.285. The Labute approximate surface area is 198 Å². The highest BCUT2D eigenvalue weighted by Gasteiger charge is 2.30. The number of nitrogens with one attached hydrogen (secondary N) is 1. The van der Waals surface area contributed by atoms with Gasteiger partial charge < -0.3 is 28.2 Å². The smallest absolute Gasteiger partial charge is 0.433 e. The number of ether oxygens (including phenoxy) is 1. The second-order valence-electron chi connectivity index (χ2n) is 8.05. The zero-order valence-electron chi connectivity index (χ0n) is 18.5. The summed E-state index contributed by atoms with van der Waals surface area (Å²) in [6.07, 6.45) is 3.14. The fourth-order valence-electron chi connectivity index (χ4n) is 4.03. The minimum atomic E-state index is -0.754. The Morgan fingerprint density at radius 3 is 2.69 bits per heavy atom. The second-order valence-corrected chi connectivity index (χ2v) is 8.05. The Kier molecular flexibility index (Phi) is 6.06. The van der Waals surface area contributed by atoms with Gasteiger partial charge in [-0.1, -0.05) is 12.1 Å². The van der Waals surface area contributed by atoms with Crippen LogP contribution in [0.1, 0.15) is 39.7 Å². The van der Waals surface area contributed by atoms with Crippen molar-refractivity contribution in [3.05, 3.63) is 82.2 Å². The number of nitrogens with zero attached hydrogens (tertiary/aromatic N) is 2. The number of para-hydroxylation sites is 1. The Morgan fingerprint density at radius 1 is 1.11 bits per heavy atom. The lowest BCUT2D eigenvalue weighted by Gasteiger charge is -2.24. The van der Waals surface area contributed by atoms with E-state index < -0.39 is 22.6 Å². The van der Waals surface area contributed by atoms with Crippen molar-refractivity contribution >= 4 is 34.4 Å². The number of rotatable bonds is 8. The van der Waals surface area contributed by atoms with Gasteiger partial charge in [0.2, 0.25) is 5.76 Å². The van der Waals surface area contributed by atoms with Crippen molar-refractivity contribution in [3.63, 3.8) is 0 Å². The van der Waals surface area contributed by atoms with E-state index in [1.54, 1.807) is 41.3 Å². The van der Waals surface area contributed by atoms with Gasteiger partial charge in [-0.05, 0) is 43.2 Å². The number of hydrogen-bond acceptors (Lipinski definition) is 8. The molecule has 1 saturated heterocycles. The first kappa shape index (κ1) is 22.4. The summed E-state index contributed by atoms with van der Waals surface area (Å²) in [5.74, 6) is -1.55. The van der Waals surface area contributed by atoms with E-state index in [4.69, 9.17) is 18.0 Å². The van der Waals surface area contributed by atoms with Crippen molar-refractivity contribution < 1.29 is 32.5 Å². The average Bonchev–Trinajstić information content (AvgIpc) is 3.66. The molecule has 4 aromatic rings. The third-order valence-electron chi connectivity index (χ3n) is 5.69. The van der Waals surface area contributed by atoms with Crippen LogP contribution in [0.15, 0.2) is 68.0 Å². The Bertz CT molecular complexity index is 1360. The first-order chi connectivity index (χ1) is 17.0. The SMILES string of the molecule is O=C(Nc1c(C(=O)N(Cc2ccco2)CC2CCCO2)oc2ccccc12)c1ccc([N+](=O)[O-])o1. The van der Waals surface area contributed by atoms with Crippen LogP contribution in [-0.2, 0) is 11.3 Å². The summed E-state index contributed by atoms with van der Waals surface area (Å²) in [5.41, 5.74) is 0.540. The molecule has 2 amide bonds. The summed E-state index contributed by atoms with van der Waals surface area (Å²) < 4.78 is 22.1. The van der Waals surface area contributed by atoms with Crippen molar-refractivity contribution in [2.75, 3.05) is 18.5 Å². The molecule has 0 aliphatic carbocycles. The normalized spacial score (nSPS) is 15.4. The molecule has 35 heavy (non-hydrogen) atoms. The van der Waals surface area contributed by atoms with Gasteiger partial charge in [-0.25, -0.2) is 0 Å². The molecule has 11 heteroatoms. The summed E-state index contributed by atoms with van der Waals surface area (Å²) in [6.45, 7) is 1.13. The Hall–Kier alpha value is -4.38. The molecule has 4 heterocycles. The van der Waals surface area contributed by atoms with Crippen molar-refractivity contribution in [2.45, 2.75) is 25.5 Å². The number of amides is 2. The maximum absolute atomic E-state index is 13.7. The van der Waals surface area contributed by atoms with E-state index in [0.717, 1.165) is 18.9 Å². The number of carbonyl (C=O) groups is 2. The standard InChI is InChI=1S/C24H21N3O8/c28-23(19-9-10-20(34-19)27(30)31)25-21-17-7-1-2-8-18(17)35-22(21)24(29)26(13-15-5-3-11-32-15)14-16-6-4-12-33-16/h1-3,5,7-11,16H,4,6,12-14H2,(H,25,28). The van der Waals surface area contributed by atoms with Crippen molar-refractivity contribution in [1.29, 1.82) is 0 Å². The largest absolute Gasteiger partial charge is 0.467 e. The maximum atomic E-state index is 13.7. The summed E-state index contributed by atoms with van der Waals surface area (Å²) in [6, 6.07) is 12.6. The molecule has 0 radical (unpaired) electrons. The van der Waals surface area contributed by atoms with Gasteiger partial charge in [0.05, 0.1) is 25.0 Å². The molecule has 5 rings (SSSR count). The van der Waals surface area contributed by atoms with Crippen LogP contribution in [0.2, 0.25) is 0 Å². The molecular weight excluding hydrogens is 458 g/mol. The van der Waals surface area contributed by atoms with Crippen LogP contribution in [0.4, 0.5) is 11.6 Å². The molecule has 0 bridgehead atoms. The van der Waals surface area contributed by atoms with Crippen LogP contribution >= 0.6 is 0 Å². The number of benzene rings is 1. The fourth-order valence-corrected chi connectivity index (χ4v) is 4.03. The highest BCUT2D eigenvalue weighted by molar-refractivity contribution is 6.13. The molecule has 1 unspecified atom stereocenters. The molecule has 1 fully saturated rings. The molecule has 1 aromatic carbocycles. The number of fused-ring (bicyclic) bond motifs is 1. The lowest BCUT2D eigenvalue weighted by atomic mass is 10.2. The molecule has 11 nitrogen and oxygen atoms in total. The van der Waals surface area contributed by atoms with Gasteiger partial charge in [-0.15, -0.1) is 0 Å². The lowest BCUT2D eigenvalue weighted by Crippen LogP contribution is -2.37. The van der Waals surface area contributed by atoms with Gasteiger partial charge in [0.15, 0.2) is 5.76 Å². The van der Waals surface area contributed by atoms with Gasteiger partial charge in [0, 0.05) is 18.5 Å². The molecule has 1 aliphatic rings. The highest BCUT2D eigenvalue weighted by atomic mass is 16.6. The van der Waals surface area contributed by atoms with E-state index in [9.17, 15) is 19.7 Å². The number of furan rings is 3. The summed E-state index contributed by atoms with van der Waals surface area (Å²) >= 11 is 0. The Morgan fingerprint density at radius 2 is 1.97 bits per heavy atom. The number of anilines is 1. The van der Waals surface area contributed by atoms with E-state index in [1.165, 1.54) is 12.3 Å². The fraction of sp³-hybridized carbons (Fsp3) is 0.250. The van der Waals surface area contributed by atoms with Crippen LogP contribution in [0.25, 0.3) is 11.0 Å². The Balaban J connectivity index is 1.48. The van der Waals surface area contributed by atoms with E-state index in [-0.39, 0.29) is 29.9 Å². The predicted octanol–water partition coefficient (Wildman–Crippen LogP) is 4.60. The van der Waals surface area contributed by atoms with Crippen molar-refractivity contribution in [2.24, 2.45) is 0 Å². The van der Waals surface area contributed by atoms with Gasteiger partial charge in [-0.2, -0.15) is 0 Å². The molecule has 0 spiro atoms. The molecule has 3 aromatic heterocycles. The van der Waals surface area contributed by atoms with Crippen LogP contribution in [-0.4, -0.2) is 40.9 Å². The zero-order valence-corrected chi connectivity index (χ0v) is 18.5. The molecule has 1 N–H and O–H groups in total.